The van der Waals surface area contributed by atoms with Crippen molar-refractivity contribution in [2.75, 3.05) is 5.73 Å². The van der Waals surface area contributed by atoms with Gasteiger partial charge in [-0.15, -0.1) is 0 Å². The zero-order chi connectivity index (χ0) is 21.8. The molecule has 170 valence electrons. The molecular formula is C22H28N6O4. The van der Waals surface area contributed by atoms with E-state index in [1.54, 1.807) is 10.9 Å². The van der Waals surface area contributed by atoms with E-state index in [4.69, 9.17) is 19.9 Å². The number of rotatable bonds is 3. The number of nitrogen functional groups attached to an aromatic ring is 1. The third-order valence-corrected chi connectivity index (χ3v) is 8.31. The van der Waals surface area contributed by atoms with Gasteiger partial charge in [-0.1, -0.05) is 0 Å². The van der Waals surface area contributed by atoms with Gasteiger partial charge in [0, 0.05) is 5.54 Å². The number of hydrogen-bond acceptors (Lipinski definition) is 8. The van der Waals surface area contributed by atoms with Gasteiger partial charge in [0.2, 0.25) is 0 Å². The normalized spacial score (nSPS) is 43.2. The van der Waals surface area contributed by atoms with Crippen molar-refractivity contribution in [3.8, 4) is 0 Å². The first-order valence-corrected chi connectivity index (χ1v) is 11.6. The zero-order valence-electron chi connectivity index (χ0n) is 18.2. The molecule has 1 amide bonds. The van der Waals surface area contributed by atoms with Crippen LogP contribution in [0, 0.1) is 17.8 Å². The number of carbonyl (C=O) groups is 1. The first-order chi connectivity index (χ1) is 15.3. The van der Waals surface area contributed by atoms with Crippen LogP contribution in [0.25, 0.3) is 11.2 Å². The molecule has 8 rings (SSSR count). The van der Waals surface area contributed by atoms with Crippen molar-refractivity contribution in [2.45, 2.75) is 81.8 Å². The van der Waals surface area contributed by atoms with E-state index < -0.39 is 30.3 Å². The van der Waals surface area contributed by atoms with Crippen LogP contribution in [-0.4, -0.2) is 55.1 Å². The van der Waals surface area contributed by atoms with E-state index in [2.05, 4.69) is 20.3 Å². The van der Waals surface area contributed by atoms with Crippen molar-refractivity contribution >= 4 is 22.9 Å². The summed E-state index contributed by atoms with van der Waals surface area (Å²) in [7, 11) is 0. The van der Waals surface area contributed by atoms with Crippen LogP contribution in [0.5, 0.6) is 0 Å². The molecule has 10 nitrogen and oxygen atoms in total. The Morgan fingerprint density at radius 1 is 1.12 bits per heavy atom. The molecule has 32 heavy (non-hydrogen) atoms. The Hall–Kier alpha value is -2.30. The Balaban J connectivity index is 1.21. The predicted octanol–water partition coefficient (Wildman–Crippen LogP) is 1.52. The van der Waals surface area contributed by atoms with Crippen LogP contribution in [0.1, 0.15) is 52.2 Å². The fourth-order valence-corrected chi connectivity index (χ4v) is 7.38. The molecule has 2 aliphatic heterocycles. The highest BCUT2D eigenvalue weighted by Crippen LogP contribution is 2.60. The lowest BCUT2D eigenvalue weighted by Crippen LogP contribution is -2.54. The monoisotopic (exact) mass is 440 g/mol. The summed E-state index contributed by atoms with van der Waals surface area (Å²) >= 11 is 0. The predicted molar refractivity (Wildman–Crippen MR) is 112 cm³/mol. The molecule has 2 saturated heterocycles. The minimum Gasteiger partial charge on any atom is -0.382 e. The van der Waals surface area contributed by atoms with E-state index >= 15 is 0 Å². The van der Waals surface area contributed by atoms with Crippen molar-refractivity contribution in [3.05, 3.63) is 12.7 Å². The van der Waals surface area contributed by atoms with Crippen LogP contribution in [0.4, 0.5) is 5.82 Å². The summed E-state index contributed by atoms with van der Waals surface area (Å²) in [6, 6.07) is 0. The topological polar surface area (TPSA) is 126 Å². The fraction of sp³-hybridized carbons (Fsp3) is 0.727. The SMILES string of the molecule is CC1(C)O[C@@H]2[C@H](O1)[C@@H](C(=O)NC13C[C@@H]4CC1C[C@@H](C4)C3)O[C@H]2n1cnc2c(N)ncnc21. The zero-order valence-corrected chi connectivity index (χ0v) is 18.2. The Labute approximate surface area is 185 Å². The quantitative estimate of drug-likeness (QED) is 0.736. The number of imidazole rings is 1. The second-order valence-electron chi connectivity index (χ2n) is 10.8. The van der Waals surface area contributed by atoms with Gasteiger partial charge in [0.05, 0.1) is 6.33 Å². The summed E-state index contributed by atoms with van der Waals surface area (Å²) in [4.78, 5) is 26.3. The maximum absolute atomic E-state index is 13.6. The second-order valence-corrected chi connectivity index (χ2v) is 10.8. The summed E-state index contributed by atoms with van der Waals surface area (Å²) in [5, 5.41) is 3.44. The number of nitrogens with two attached hydrogens (primary N) is 1. The fourth-order valence-electron chi connectivity index (χ4n) is 7.38. The first kappa shape index (κ1) is 19.2. The van der Waals surface area contributed by atoms with Gasteiger partial charge in [-0.25, -0.2) is 15.0 Å². The number of aromatic nitrogens is 4. The molecule has 0 radical (unpaired) electrons. The maximum Gasteiger partial charge on any atom is 0.252 e. The van der Waals surface area contributed by atoms with Gasteiger partial charge >= 0.3 is 0 Å². The Morgan fingerprint density at radius 2 is 1.88 bits per heavy atom. The van der Waals surface area contributed by atoms with Crippen LogP contribution in [-0.2, 0) is 19.0 Å². The van der Waals surface area contributed by atoms with E-state index in [1.165, 1.54) is 25.6 Å². The molecule has 0 aromatic carbocycles. The van der Waals surface area contributed by atoms with Crippen LogP contribution in [0.3, 0.4) is 0 Å². The van der Waals surface area contributed by atoms with Crippen molar-refractivity contribution in [1.82, 2.24) is 24.8 Å². The summed E-state index contributed by atoms with van der Waals surface area (Å²) in [5.74, 6) is 1.49. The van der Waals surface area contributed by atoms with Crippen molar-refractivity contribution in [1.29, 1.82) is 0 Å². The first-order valence-electron chi connectivity index (χ1n) is 11.6. The molecule has 6 fully saturated rings. The Kier molecular flexibility index (Phi) is 3.71. The lowest BCUT2D eigenvalue weighted by atomic mass is 9.80. The smallest absolute Gasteiger partial charge is 0.252 e. The third-order valence-electron chi connectivity index (χ3n) is 8.31. The number of nitrogens with zero attached hydrogens (tertiary/aromatic N) is 4. The molecule has 8 atom stereocenters. The Morgan fingerprint density at radius 3 is 2.66 bits per heavy atom. The molecule has 2 aromatic heterocycles. The molecule has 4 bridgehead atoms. The van der Waals surface area contributed by atoms with Crippen molar-refractivity contribution in [3.63, 3.8) is 0 Å². The maximum atomic E-state index is 13.6. The van der Waals surface area contributed by atoms with Gasteiger partial charge < -0.3 is 25.3 Å². The van der Waals surface area contributed by atoms with Gasteiger partial charge in [0.25, 0.3) is 5.91 Å². The van der Waals surface area contributed by atoms with Gasteiger partial charge in [-0.05, 0) is 63.7 Å². The molecule has 2 aromatic rings. The van der Waals surface area contributed by atoms with E-state index in [0.717, 1.165) is 24.7 Å². The average molecular weight is 441 g/mol. The van der Waals surface area contributed by atoms with Crippen molar-refractivity contribution in [2.24, 2.45) is 17.8 Å². The summed E-state index contributed by atoms with van der Waals surface area (Å²) in [5.41, 5.74) is 6.93. The number of nitrogens with one attached hydrogen (secondary N) is 1. The average Bonchev–Trinajstić information content (AvgIpc) is 3.46. The van der Waals surface area contributed by atoms with Gasteiger partial charge in [0.1, 0.15) is 24.1 Å². The molecule has 3 N–H and O–H groups in total. The van der Waals surface area contributed by atoms with E-state index in [9.17, 15) is 4.79 Å². The molecule has 6 aliphatic rings. The minimum atomic E-state index is -0.816. The van der Waals surface area contributed by atoms with Crippen LogP contribution >= 0.6 is 0 Å². The second kappa shape index (κ2) is 6.18. The molecular weight excluding hydrogens is 412 g/mol. The number of fused-ring (bicyclic) bond motifs is 2. The third kappa shape index (κ3) is 2.57. The highest BCUT2D eigenvalue weighted by Gasteiger charge is 2.62. The number of hydrogen-bond donors (Lipinski definition) is 2. The molecule has 4 aliphatic carbocycles. The van der Waals surface area contributed by atoms with E-state index in [1.807, 2.05) is 13.8 Å². The summed E-state index contributed by atoms with van der Waals surface area (Å²) in [6.07, 6.45) is 6.64. The van der Waals surface area contributed by atoms with Crippen LogP contribution in [0.15, 0.2) is 12.7 Å². The Bertz CT molecular complexity index is 1100. The molecule has 2 unspecified atom stereocenters. The van der Waals surface area contributed by atoms with E-state index in [-0.39, 0.29) is 11.4 Å². The highest BCUT2D eigenvalue weighted by molar-refractivity contribution is 5.83. The lowest BCUT2D eigenvalue weighted by Gasteiger charge is -2.35. The number of ether oxygens (including phenoxy) is 3. The van der Waals surface area contributed by atoms with Gasteiger partial charge in [-0.3, -0.25) is 9.36 Å². The van der Waals surface area contributed by atoms with E-state index in [0.29, 0.717) is 22.9 Å². The minimum absolute atomic E-state index is 0.0695. The van der Waals surface area contributed by atoms with Crippen LogP contribution < -0.4 is 11.1 Å². The van der Waals surface area contributed by atoms with Gasteiger partial charge in [0.15, 0.2) is 29.6 Å². The van der Waals surface area contributed by atoms with Crippen molar-refractivity contribution < 1.29 is 19.0 Å². The molecule has 4 saturated carbocycles. The number of carbonyl (C=O) groups excluding carboxylic acids is 1. The summed E-state index contributed by atoms with van der Waals surface area (Å²) in [6.45, 7) is 3.72. The molecule has 10 heteroatoms. The number of amides is 1. The highest BCUT2D eigenvalue weighted by atomic mass is 16.8. The lowest BCUT2D eigenvalue weighted by molar-refractivity contribution is -0.198. The largest absolute Gasteiger partial charge is 0.382 e. The molecule has 0 spiro atoms. The number of anilines is 1. The standard InChI is InChI=1S/C22H28N6O4/c1-21(2)31-14-15(19(29)27-22-6-10-3-11(7-22)5-12(22)4-10)30-20(16(14)32-21)28-9-26-13-17(23)24-8-25-18(13)28/h8-12,14-16,20H,3-7H2,1-2H3,(H,27,29)(H2,23,24,25)/t10-,11+,12?,14-,15+,16-,20-,22?/m1/s1. The van der Waals surface area contributed by atoms with Crippen LogP contribution in [0.2, 0.25) is 0 Å². The molecule has 4 heterocycles. The summed E-state index contributed by atoms with van der Waals surface area (Å²) < 4.78 is 20.5. The van der Waals surface area contributed by atoms with Gasteiger partial charge in [-0.2, -0.15) is 0 Å².